The summed E-state index contributed by atoms with van der Waals surface area (Å²) >= 11 is 0. The van der Waals surface area contributed by atoms with Crippen molar-refractivity contribution in [3.63, 3.8) is 0 Å². The minimum Gasteiger partial charge on any atom is -0.497 e. The maximum atomic E-state index is 10.7. The Hall–Kier alpha value is -2.00. The molecular weight excluding hydrogens is 481 g/mol. The molecule has 6 nitrogen and oxygen atoms in total. The second-order valence-electron chi connectivity index (χ2n) is 6.86. The van der Waals surface area contributed by atoms with Gasteiger partial charge in [0, 0.05) is 24.8 Å². The zero-order valence-electron chi connectivity index (χ0n) is 17.0. The van der Waals surface area contributed by atoms with E-state index in [0.717, 1.165) is 43.1 Å². The molecular formula is C22H30IN3O3. The van der Waals surface area contributed by atoms with Gasteiger partial charge in [-0.3, -0.25) is 0 Å². The van der Waals surface area contributed by atoms with Crippen LogP contribution in [0.15, 0.2) is 53.5 Å². The van der Waals surface area contributed by atoms with Crippen molar-refractivity contribution in [2.24, 2.45) is 4.99 Å². The number of ether oxygens (including phenoxy) is 2. The molecule has 0 radical (unpaired) electrons. The predicted molar refractivity (Wildman–Crippen MR) is 128 cm³/mol. The molecule has 1 aliphatic rings. The number of piperidine rings is 1. The highest BCUT2D eigenvalue weighted by atomic mass is 127. The average molecular weight is 511 g/mol. The van der Waals surface area contributed by atoms with E-state index in [1.807, 2.05) is 42.5 Å². The number of aliphatic imine (C=N–C) groups is 1. The summed E-state index contributed by atoms with van der Waals surface area (Å²) in [6, 6.07) is 15.4. The number of methoxy groups -OCH3 is 2. The zero-order chi connectivity index (χ0) is 19.8. The summed E-state index contributed by atoms with van der Waals surface area (Å²) < 4.78 is 10.6. The highest BCUT2D eigenvalue weighted by molar-refractivity contribution is 14.0. The summed E-state index contributed by atoms with van der Waals surface area (Å²) in [6.07, 6.45) is 2.82. The molecule has 1 saturated heterocycles. The first-order chi connectivity index (χ1) is 13.7. The second-order valence-corrected chi connectivity index (χ2v) is 6.86. The van der Waals surface area contributed by atoms with Crippen molar-refractivity contribution < 1.29 is 14.6 Å². The van der Waals surface area contributed by atoms with Gasteiger partial charge in [-0.05, 0) is 49.1 Å². The number of anilines is 1. The van der Waals surface area contributed by atoms with Crippen molar-refractivity contribution in [1.82, 2.24) is 4.90 Å². The number of hydrogen-bond donors (Lipinski definition) is 2. The molecule has 2 aromatic carbocycles. The molecule has 2 aromatic rings. The number of nitrogens with one attached hydrogen (secondary N) is 1. The van der Waals surface area contributed by atoms with Gasteiger partial charge in [-0.1, -0.05) is 18.2 Å². The smallest absolute Gasteiger partial charge is 0.198 e. The molecule has 1 fully saturated rings. The van der Waals surface area contributed by atoms with Crippen molar-refractivity contribution in [2.75, 3.05) is 39.2 Å². The summed E-state index contributed by atoms with van der Waals surface area (Å²) in [5.41, 5.74) is 1.71. The van der Waals surface area contributed by atoms with E-state index in [4.69, 9.17) is 14.5 Å². The van der Waals surface area contributed by atoms with E-state index in [9.17, 15) is 5.11 Å². The van der Waals surface area contributed by atoms with Gasteiger partial charge < -0.3 is 24.8 Å². The number of para-hydroxylation sites is 1. The van der Waals surface area contributed by atoms with E-state index in [2.05, 4.69) is 10.2 Å². The van der Waals surface area contributed by atoms with E-state index in [1.54, 1.807) is 20.3 Å². The number of benzene rings is 2. The van der Waals surface area contributed by atoms with E-state index in [-0.39, 0.29) is 30.5 Å². The Kier molecular flexibility index (Phi) is 9.53. The Bertz CT molecular complexity index is 758. The van der Waals surface area contributed by atoms with Crippen LogP contribution in [0, 0.1) is 0 Å². The first kappa shape index (κ1) is 23.3. The molecule has 1 aliphatic heterocycles. The summed E-state index contributed by atoms with van der Waals surface area (Å²) in [7, 11) is 3.20. The largest absolute Gasteiger partial charge is 0.497 e. The Morgan fingerprint density at radius 2 is 1.66 bits per heavy atom. The lowest BCUT2D eigenvalue weighted by atomic mass is 10.1. The molecule has 3 rings (SSSR count). The molecule has 0 saturated carbocycles. The first-order valence-corrected chi connectivity index (χ1v) is 9.72. The van der Waals surface area contributed by atoms with Crippen molar-refractivity contribution in [1.29, 1.82) is 0 Å². The molecule has 0 aromatic heterocycles. The van der Waals surface area contributed by atoms with E-state index in [0.29, 0.717) is 11.5 Å². The van der Waals surface area contributed by atoms with Crippen LogP contribution < -0.4 is 14.8 Å². The van der Waals surface area contributed by atoms with E-state index in [1.165, 1.54) is 6.42 Å². The van der Waals surface area contributed by atoms with Crippen LogP contribution in [0.4, 0.5) is 5.69 Å². The van der Waals surface area contributed by atoms with Gasteiger partial charge in [0.1, 0.15) is 11.5 Å². The predicted octanol–water partition coefficient (Wildman–Crippen LogP) is 4.31. The number of guanidine groups is 1. The number of hydrogen-bond acceptors (Lipinski definition) is 4. The molecule has 158 valence electrons. The number of nitrogens with zero attached hydrogens (tertiary/aromatic N) is 2. The number of halogens is 1. The number of likely N-dealkylation sites (tertiary alicyclic amines) is 1. The normalized spacial score (nSPS) is 15.3. The lowest BCUT2D eigenvalue weighted by Crippen LogP contribution is -2.40. The second kappa shape index (κ2) is 11.9. The van der Waals surface area contributed by atoms with Gasteiger partial charge in [-0.25, -0.2) is 4.99 Å². The SMILES string of the molecule is COc1cc(OC)cc(C(O)CN=C(Nc2ccccc2)N2CCCCC2)c1.I. The van der Waals surface area contributed by atoms with Crippen molar-refractivity contribution in [2.45, 2.75) is 25.4 Å². The molecule has 1 atom stereocenters. The van der Waals surface area contributed by atoms with E-state index >= 15 is 0 Å². The van der Waals surface area contributed by atoms with Gasteiger partial charge in [-0.15, -0.1) is 24.0 Å². The average Bonchev–Trinajstić information content (AvgIpc) is 2.77. The molecule has 0 amide bonds. The van der Waals surface area contributed by atoms with Crippen molar-refractivity contribution in [3.8, 4) is 11.5 Å². The fourth-order valence-electron chi connectivity index (χ4n) is 3.28. The lowest BCUT2D eigenvalue weighted by molar-refractivity contribution is 0.185. The van der Waals surface area contributed by atoms with Crippen LogP contribution in [0.3, 0.4) is 0 Å². The third-order valence-corrected chi connectivity index (χ3v) is 4.86. The van der Waals surface area contributed by atoms with Gasteiger partial charge in [0.2, 0.25) is 0 Å². The molecule has 0 aliphatic carbocycles. The Morgan fingerprint density at radius 3 is 2.24 bits per heavy atom. The zero-order valence-corrected chi connectivity index (χ0v) is 19.3. The topological polar surface area (TPSA) is 66.3 Å². The fourth-order valence-corrected chi connectivity index (χ4v) is 3.28. The summed E-state index contributed by atoms with van der Waals surface area (Å²) in [4.78, 5) is 6.99. The van der Waals surface area contributed by atoms with Gasteiger partial charge in [0.05, 0.1) is 26.9 Å². The Labute approximate surface area is 190 Å². The minimum atomic E-state index is -0.749. The minimum absolute atomic E-state index is 0. The van der Waals surface area contributed by atoms with Crippen LogP contribution in [0.25, 0.3) is 0 Å². The number of aliphatic hydroxyl groups is 1. The molecule has 0 spiro atoms. The van der Waals surface area contributed by atoms with E-state index < -0.39 is 6.10 Å². The van der Waals surface area contributed by atoms with Crippen LogP contribution in [0.1, 0.15) is 30.9 Å². The molecule has 2 N–H and O–H groups in total. The maximum Gasteiger partial charge on any atom is 0.198 e. The number of rotatable bonds is 6. The Morgan fingerprint density at radius 1 is 1.03 bits per heavy atom. The lowest BCUT2D eigenvalue weighted by Gasteiger charge is -2.30. The van der Waals surface area contributed by atoms with Crippen molar-refractivity contribution >= 4 is 35.6 Å². The van der Waals surface area contributed by atoms with Crippen molar-refractivity contribution in [3.05, 3.63) is 54.1 Å². The maximum absolute atomic E-state index is 10.7. The fraction of sp³-hybridized carbons (Fsp3) is 0.409. The molecule has 0 bridgehead atoms. The third kappa shape index (κ3) is 6.78. The highest BCUT2D eigenvalue weighted by Gasteiger charge is 2.17. The number of aliphatic hydroxyl groups excluding tert-OH is 1. The van der Waals surface area contributed by atoms with Crippen LogP contribution >= 0.6 is 24.0 Å². The first-order valence-electron chi connectivity index (χ1n) is 9.72. The summed E-state index contributed by atoms with van der Waals surface area (Å²) in [5.74, 6) is 2.10. The van der Waals surface area contributed by atoms with Gasteiger partial charge in [0.15, 0.2) is 5.96 Å². The van der Waals surface area contributed by atoms with Crippen LogP contribution in [-0.4, -0.2) is 49.8 Å². The third-order valence-electron chi connectivity index (χ3n) is 4.86. The standard InChI is InChI=1S/C22H29N3O3.HI/c1-27-19-13-17(14-20(15-19)28-2)21(26)16-23-22(25-11-7-4-8-12-25)24-18-9-5-3-6-10-18;/h3,5-6,9-10,13-15,21,26H,4,7-8,11-12,16H2,1-2H3,(H,23,24);1H. The monoisotopic (exact) mass is 511 g/mol. The van der Waals surface area contributed by atoms with Gasteiger partial charge in [-0.2, -0.15) is 0 Å². The van der Waals surface area contributed by atoms with Crippen LogP contribution in [0.2, 0.25) is 0 Å². The molecule has 29 heavy (non-hydrogen) atoms. The quantitative estimate of drug-likeness (QED) is 0.344. The van der Waals surface area contributed by atoms with Crippen LogP contribution in [0.5, 0.6) is 11.5 Å². The summed E-state index contributed by atoms with van der Waals surface area (Å²) in [5, 5.41) is 14.1. The molecule has 1 heterocycles. The Balaban J connectivity index is 0.00000300. The highest BCUT2D eigenvalue weighted by Crippen LogP contribution is 2.26. The van der Waals surface area contributed by atoms with Crippen LogP contribution in [-0.2, 0) is 0 Å². The molecule has 7 heteroatoms. The van der Waals surface area contributed by atoms with Gasteiger partial charge in [0.25, 0.3) is 0 Å². The summed E-state index contributed by atoms with van der Waals surface area (Å²) in [6.45, 7) is 2.20. The van der Waals surface area contributed by atoms with Gasteiger partial charge >= 0.3 is 0 Å². The molecule has 1 unspecified atom stereocenters.